The number of aliphatic carboxylic acids is 1. The number of carbonyl (C=O) groups is 1. The van der Waals surface area contributed by atoms with E-state index in [1.165, 1.54) is 0 Å². The lowest BCUT2D eigenvalue weighted by Gasteiger charge is -2.24. The lowest BCUT2D eigenvalue weighted by Crippen LogP contribution is -2.19. The van der Waals surface area contributed by atoms with Crippen molar-refractivity contribution in [1.82, 2.24) is 0 Å². The van der Waals surface area contributed by atoms with Gasteiger partial charge in [0.15, 0.2) is 0 Å². The maximum atomic E-state index is 13.4. The van der Waals surface area contributed by atoms with Crippen molar-refractivity contribution in [3.05, 3.63) is 35.4 Å². The number of alkyl halides is 1. The summed E-state index contributed by atoms with van der Waals surface area (Å²) in [6.45, 7) is 0. The van der Waals surface area contributed by atoms with Gasteiger partial charge in [-0.25, -0.2) is 4.39 Å². The fourth-order valence-corrected chi connectivity index (χ4v) is 1.99. The highest BCUT2D eigenvalue weighted by Gasteiger charge is 2.30. The van der Waals surface area contributed by atoms with Crippen LogP contribution in [0.2, 0.25) is 0 Å². The van der Waals surface area contributed by atoms with E-state index >= 15 is 0 Å². The Labute approximate surface area is 81.4 Å². The zero-order valence-electron chi connectivity index (χ0n) is 7.61. The van der Waals surface area contributed by atoms with Crippen LogP contribution in [-0.2, 0) is 4.79 Å². The van der Waals surface area contributed by atoms with Gasteiger partial charge in [0.25, 0.3) is 0 Å². The Kier molecular flexibility index (Phi) is 2.23. The van der Waals surface area contributed by atoms with Gasteiger partial charge in [0.05, 0.1) is 5.92 Å². The van der Waals surface area contributed by atoms with E-state index in [0.29, 0.717) is 24.0 Å². The van der Waals surface area contributed by atoms with E-state index in [1.807, 2.05) is 0 Å². The monoisotopic (exact) mass is 194 g/mol. The van der Waals surface area contributed by atoms with Crippen LogP contribution >= 0.6 is 0 Å². The van der Waals surface area contributed by atoms with Crippen molar-refractivity contribution in [1.29, 1.82) is 0 Å². The molecule has 0 saturated heterocycles. The van der Waals surface area contributed by atoms with Crippen molar-refractivity contribution in [2.24, 2.45) is 0 Å². The summed E-state index contributed by atoms with van der Waals surface area (Å²) in [5.41, 5.74) is 1.19. The summed E-state index contributed by atoms with van der Waals surface area (Å²) < 4.78 is 13.4. The SMILES string of the molecule is O=C(O)C1CCC(F)c2ccccc21. The largest absolute Gasteiger partial charge is 0.481 e. The molecular formula is C11H11FO2. The average molecular weight is 194 g/mol. The predicted octanol–water partition coefficient (Wildman–Crippen LogP) is 2.66. The van der Waals surface area contributed by atoms with Gasteiger partial charge >= 0.3 is 5.97 Å². The molecule has 1 aromatic carbocycles. The molecule has 1 N–H and O–H groups in total. The van der Waals surface area contributed by atoms with E-state index in [9.17, 15) is 9.18 Å². The van der Waals surface area contributed by atoms with Crippen molar-refractivity contribution in [3.8, 4) is 0 Å². The summed E-state index contributed by atoms with van der Waals surface area (Å²) in [5.74, 6) is -1.39. The van der Waals surface area contributed by atoms with Crippen LogP contribution in [0.5, 0.6) is 0 Å². The van der Waals surface area contributed by atoms with Crippen LogP contribution in [0, 0.1) is 0 Å². The number of fused-ring (bicyclic) bond motifs is 1. The maximum Gasteiger partial charge on any atom is 0.310 e. The minimum absolute atomic E-state index is 0.313. The van der Waals surface area contributed by atoms with E-state index in [-0.39, 0.29) is 0 Å². The maximum absolute atomic E-state index is 13.4. The standard InChI is InChI=1S/C11H11FO2/c12-10-6-5-9(11(13)14)7-3-1-2-4-8(7)10/h1-4,9-10H,5-6H2,(H,13,14). The predicted molar refractivity (Wildman–Crippen MR) is 49.9 cm³/mol. The molecule has 74 valence electrons. The third-order valence-electron chi connectivity index (χ3n) is 2.72. The molecule has 3 heteroatoms. The lowest BCUT2D eigenvalue weighted by molar-refractivity contribution is -0.139. The van der Waals surface area contributed by atoms with E-state index in [4.69, 9.17) is 5.11 Å². The lowest BCUT2D eigenvalue weighted by atomic mass is 9.82. The molecule has 0 radical (unpaired) electrons. The number of hydrogen-bond donors (Lipinski definition) is 1. The summed E-state index contributed by atoms with van der Waals surface area (Å²) in [7, 11) is 0. The van der Waals surface area contributed by atoms with Gasteiger partial charge in [0.2, 0.25) is 0 Å². The molecule has 2 rings (SSSR count). The van der Waals surface area contributed by atoms with Crippen molar-refractivity contribution in [2.75, 3.05) is 0 Å². The normalized spacial score (nSPS) is 25.5. The zero-order valence-corrected chi connectivity index (χ0v) is 7.61. The fraction of sp³-hybridized carbons (Fsp3) is 0.364. The second-order valence-corrected chi connectivity index (χ2v) is 3.56. The van der Waals surface area contributed by atoms with Crippen LogP contribution in [0.1, 0.15) is 36.1 Å². The molecule has 0 saturated carbocycles. The van der Waals surface area contributed by atoms with E-state index < -0.39 is 18.1 Å². The Balaban J connectivity index is 2.46. The molecule has 0 fully saturated rings. The molecule has 1 aromatic rings. The minimum atomic E-state index is -0.998. The molecule has 14 heavy (non-hydrogen) atoms. The zero-order chi connectivity index (χ0) is 10.1. The summed E-state index contributed by atoms with van der Waals surface area (Å²) >= 11 is 0. The Hall–Kier alpha value is -1.38. The van der Waals surface area contributed by atoms with E-state index in [2.05, 4.69) is 0 Å². The average Bonchev–Trinajstić information content (AvgIpc) is 2.18. The van der Waals surface area contributed by atoms with Crippen LogP contribution in [0.3, 0.4) is 0 Å². The highest BCUT2D eigenvalue weighted by Crippen LogP contribution is 2.39. The molecule has 1 aliphatic rings. The van der Waals surface area contributed by atoms with Crippen molar-refractivity contribution < 1.29 is 14.3 Å². The minimum Gasteiger partial charge on any atom is -0.481 e. The van der Waals surface area contributed by atoms with Crippen LogP contribution < -0.4 is 0 Å². The quantitative estimate of drug-likeness (QED) is 0.746. The number of carboxylic acid groups (broad SMARTS) is 1. The van der Waals surface area contributed by atoms with Crippen molar-refractivity contribution in [2.45, 2.75) is 24.9 Å². The van der Waals surface area contributed by atoms with Gasteiger partial charge in [0, 0.05) is 0 Å². The van der Waals surface area contributed by atoms with Crippen LogP contribution in [0.4, 0.5) is 4.39 Å². The number of halogens is 1. The van der Waals surface area contributed by atoms with Gasteiger partial charge < -0.3 is 5.11 Å². The number of benzene rings is 1. The molecule has 2 unspecified atom stereocenters. The Morgan fingerprint density at radius 2 is 1.93 bits per heavy atom. The molecule has 0 spiro atoms. The molecule has 0 aliphatic heterocycles. The molecule has 2 nitrogen and oxygen atoms in total. The first-order valence-electron chi connectivity index (χ1n) is 4.66. The summed E-state index contributed by atoms with van der Waals surface area (Å²) in [4.78, 5) is 10.9. The molecule has 1 aliphatic carbocycles. The van der Waals surface area contributed by atoms with Gasteiger partial charge in [-0.15, -0.1) is 0 Å². The molecular weight excluding hydrogens is 183 g/mol. The molecule has 0 heterocycles. The Morgan fingerprint density at radius 1 is 1.29 bits per heavy atom. The highest BCUT2D eigenvalue weighted by atomic mass is 19.1. The molecule has 0 aromatic heterocycles. The second-order valence-electron chi connectivity index (χ2n) is 3.56. The third-order valence-corrected chi connectivity index (χ3v) is 2.72. The Morgan fingerprint density at radius 3 is 2.57 bits per heavy atom. The van der Waals surface area contributed by atoms with Crippen LogP contribution in [0.15, 0.2) is 24.3 Å². The first kappa shape index (κ1) is 9.19. The van der Waals surface area contributed by atoms with Crippen molar-refractivity contribution >= 4 is 5.97 Å². The van der Waals surface area contributed by atoms with Gasteiger partial charge in [-0.3, -0.25) is 4.79 Å². The van der Waals surface area contributed by atoms with Gasteiger partial charge in [-0.2, -0.15) is 0 Å². The Bertz CT molecular complexity index is 362. The summed E-state index contributed by atoms with van der Waals surface area (Å²) in [6, 6.07) is 6.89. The van der Waals surface area contributed by atoms with Crippen LogP contribution in [-0.4, -0.2) is 11.1 Å². The highest BCUT2D eigenvalue weighted by molar-refractivity contribution is 5.77. The topological polar surface area (TPSA) is 37.3 Å². The van der Waals surface area contributed by atoms with E-state index in [1.54, 1.807) is 24.3 Å². The van der Waals surface area contributed by atoms with Gasteiger partial charge in [0.1, 0.15) is 6.17 Å². The number of rotatable bonds is 1. The third kappa shape index (κ3) is 1.39. The molecule has 0 bridgehead atoms. The van der Waals surface area contributed by atoms with E-state index in [0.717, 1.165) is 0 Å². The first-order chi connectivity index (χ1) is 6.70. The second kappa shape index (κ2) is 3.40. The molecule has 0 amide bonds. The number of carboxylic acids is 1. The smallest absolute Gasteiger partial charge is 0.310 e. The first-order valence-corrected chi connectivity index (χ1v) is 4.66. The fourth-order valence-electron chi connectivity index (χ4n) is 1.99. The molecule has 2 atom stereocenters. The summed E-state index contributed by atoms with van der Waals surface area (Å²) in [5, 5.41) is 8.95. The van der Waals surface area contributed by atoms with Crippen LogP contribution in [0.25, 0.3) is 0 Å². The van der Waals surface area contributed by atoms with Gasteiger partial charge in [-0.05, 0) is 24.0 Å². The van der Waals surface area contributed by atoms with Gasteiger partial charge in [-0.1, -0.05) is 24.3 Å². The van der Waals surface area contributed by atoms with Crippen molar-refractivity contribution in [3.63, 3.8) is 0 Å². The number of hydrogen-bond acceptors (Lipinski definition) is 1. The summed E-state index contributed by atoms with van der Waals surface area (Å²) in [6.07, 6.45) is -0.289.